The van der Waals surface area contributed by atoms with Gasteiger partial charge in [-0.1, -0.05) is 0 Å². The van der Waals surface area contributed by atoms with Crippen LogP contribution in [0.15, 0.2) is 12.1 Å². The lowest BCUT2D eigenvalue weighted by Gasteiger charge is -2.24. The van der Waals surface area contributed by atoms with Crippen molar-refractivity contribution in [3.8, 4) is 0 Å². The number of hydrogen-bond acceptors (Lipinski definition) is 1. The zero-order valence-corrected chi connectivity index (χ0v) is 8.71. The van der Waals surface area contributed by atoms with Crippen LogP contribution in [0.3, 0.4) is 0 Å². The second-order valence-electron chi connectivity index (χ2n) is 4.11. The van der Waals surface area contributed by atoms with Crippen molar-refractivity contribution in [2.45, 2.75) is 0 Å². The smallest absolute Gasteiger partial charge is 0.335 e. The molecule has 0 heterocycles. The van der Waals surface area contributed by atoms with Crippen molar-refractivity contribution in [2.24, 2.45) is 0 Å². The highest BCUT2D eigenvalue weighted by Gasteiger charge is 2.25. The van der Waals surface area contributed by atoms with E-state index in [1.165, 1.54) is 0 Å². The van der Waals surface area contributed by atoms with Crippen LogP contribution in [0.2, 0.25) is 0 Å². The van der Waals surface area contributed by atoms with E-state index >= 15 is 0 Å². The molecule has 0 aromatic heterocycles. The highest BCUT2D eigenvalue weighted by atomic mass is 19.1. The molecule has 0 amide bonds. The average Bonchev–Trinajstić information content (AvgIpc) is 1.99. The minimum Gasteiger partial charge on any atom is -0.478 e. The van der Waals surface area contributed by atoms with Gasteiger partial charge in [0.2, 0.25) is 5.69 Å². The molecular weight excluding hydrogens is 204 g/mol. The summed E-state index contributed by atoms with van der Waals surface area (Å²) in [4.78, 5) is 10.5. The number of benzene rings is 1. The SMILES string of the molecule is C[N+](C)(C)c1c(F)cc(C(=O)O)cc1F. The van der Waals surface area contributed by atoms with Gasteiger partial charge >= 0.3 is 5.97 Å². The Morgan fingerprint density at radius 3 is 1.87 bits per heavy atom. The van der Waals surface area contributed by atoms with Crippen LogP contribution in [0.25, 0.3) is 0 Å². The molecule has 0 unspecified atom stereocenters. The standard InChI is InChI=1S/C10H11F2NO2/c1-13(2,3)9-7(11)4-6(10(14)15)5-8(9)12/h4-5H,1-3H3/p+1. The van der Waals surface area contributed by atoms with Crippen molar-refractivity contribution >= 4 is 11.7 Å². The molecule has 82 valence electrons. The number of nitrogens with zero attached hydrogens (tertiary/aromatic N) is 1. The van der Waals surface area contributed by atoms with Crippen molar-refractivity contribution in [2.75, 3.05) is 21.1 Å². The van der Waals surface area contributed by atoms with Crippen molar-refractivity contribution in [1.82, 2.24) is 4.48 Å². The van der Waals surface area contributed by atoms with Crippen LogP contribution in [0.4, 0.5) is 14.5 Å². The Balaban J connectivity index is 3.41. The van der Waals surface area contributed by atoms with Gasteiger partial charge in [-0.25, -0.2) is 13.6 Å². The van der Waals surface area contributed by atoms with Crippen molar-refractivity contribution < 1.29 is 18.7 Å². The molecule has 0 aliphatic carbocycles. The summed E-state index contributed by atoms with van der Waals surface area (Å²) in [6.07, 6.45) is 0. The molecule has 1 N–H and O–H groups in total. The Kier molecular flexibility index (Phi) is 2.77. The van der Waals surface area contributed by atoms with Crippen LogP contribution >= 0.6 is 0 Å². The molecule has 0 bridgehead atoms. The summed E-state index contributed by atoms with van der Waals surface area (Å²) in [7, 11) is 4.80. The predicted molar refractivity (Wildman–Crippen MR) is 52.9 cm³/mol. The summed E-state index contributed by atoms with van der Waals surface area (Å²) in [6.45, 7) is 0. The van der Waals surface area contributed by atoms with E-state index in [0.717, 1.165) is 12.1 Å². The van der Waals surface area contributed by atoms with E-state index in [9.17, 15) is 13.6 Å². The second kappa shape index (κ2) is 3.58. The third-order valence-corrected chi connectivity index (χ3v) is 1.93. The molecular formula is C10H12F2NO2+. The minimum atomic E-state index is -1.35. The lowest BCUT2D eigenvalue weighted by molar-refractivity contribution is 0.0695. The van der Waals surface area contributed by atoms with Gasteiger partial charge in [0.15, 0.2) is 11.6 Å². The summed E-state index contributed by atoms with van der Waals surface area (Å²) in [5.74, 6) is -3.04. The maximum absolute atomic E-state index is 13.4. The maximum Gasteiger partial charge on any atom is 0.335 e. The molecule has 3 nitrogen and oxygen atoms in total. The zero-order chi connectivity index (χ0) is 11.8. The topological polar surface area (TPSA) is 37.3 Å². The second-order valence-corrected chi connectivity index (χ2v) is 4.11. The van der Waals surface area contributed by atoms with Gasteiger partial charge in [-0.05, 0) is 12.1 Å². The summed E-state index contributed by atoms with van der Waals surface area (Å²) in [6, 6.07) is 1.65. The minimum absolute atomic E-state index is 0.0441. The third-order valence-electron chi connectivity index (χ3n) is 1.93. The van der Waals surface area contributed by atoms with Crippen molar-refractivity contribution in [3.05, 3.63) is 29.3 Å². The number of aromatic carboxylic acids is 1. The van der Waals surface area contributed by atoms with Gasteiger partial charge in [-0.2, -0.15) is 0 Å². The van der Waals surface area contributed by atoms with E-state index in [2.05, 4.69) is 0 Å². The van der Waals surface area contributed by atoms with Gasteiger partial charge in [0.05, 0.1) is 26.7 Å². The molecule has 15 heavy (non-hydrogen) atoms. The maximum atomic E-state index is 13.4. The molecule has 0 aliphatic heterocycles. The van der Waals surface area contributed by atoms with Gasteiger partial charge in [-0.15, -0.1) is 0 Å². The molecule has 0 spiro atoms. The van der Waals surface area contributed by atoms with Gasteiger partial charge in [-0.3, -0.25) is 4.48 Å². The van der Waals surface area contributed by atoms with Crippen LogP contribution in [0.1, 0.15) is 10.4 Å². The molecule has 0 fully saturated rings. The summed E-state index contributed by atoms with van der Waals surface area (Å²) in [5, 5.41) is 8.59. The number of carbonyl (C=O) groups is 1. The monoisotopic (exact) mass is 216 g/mol. The van der Waals surface area contributed by atoms with Gasteiger partial charge in [0.25, 0.3) is 0 Å². The summed E-state index contributed by atoms with van der Waals surface area (Å²) >= 11 is 0. The largest absolute Gasteiger partial charge is 0.478 e. The first kappa shape index (κ1) is 11.6. The third kappa shape index (κ3) is 2.30. The highest BCUT2D eigenvalue weighted by molar-refractivity contribution is 5.88. The van der Waals surface area contributed by atoms with E-state index in [0.29, 0.717) is 0 Å². The van der Waals surface area contributed by atoms with E-state index in [-0.39, 0.29) is 15.7 Å². The zero-order valence-electron chi connectivity index (χ0n) is 8.71. The Morgan fingerprint density at radius 2 is 1.60 bits per heavy atom. The Morgan fingerprint density at radius 1 is 1.20 bits per heavy atom. The first-order valence-corrected chi connectivity index (χ1v) is 4.28. The number of halogens is 2. The lowest BCUT2D eigenvalue weighted by Crippen LogP contribution is -2.36. The molecule has 0 saturated heterocycles. The van der Waals surface area contributed by atoms with E-state index in [4.69, 9.17) is 5.11 Å². The number of carboxylic acids is 1. The number of carboxylic acid groups (broad SMARTS) is 1. The fourth-order valence-electron chi connectivity index (χ4n) is 1.33. The van der Waals surface area contributed by atoms with Gasteiger partial charge in [0, 0.05) is 0 Å². The first-order chi connectivity index (χ1) is 6.73. The lowest BCUT2D eigenvalue weighted by atomic mass is 10.1. The Bertz CT molecular complexity index is 387. The predicted octanol–water partition coefficient (Wildman–Crippen LogP) is 1.86. The quantitative estimate of drug-likeness (QED) is 0.766. The van der Waals surface area contributed by atoms with Crippen LogP contribution < -0.4 is 4.48 Å². The van der Waals surface area contributed by atoms with Crippen molar-refractivity contribution in [1.29, 1.82) is 0 Å². The molecule has 0 aliphatic rings. The fraction of sp³-hybridized carbons (Fsp3) is 0.300. The normalized spacial score (nSPS) is 11.5. The van der Waals surface area contributed by atoms with Gasteiger partial charge < -0.3 is 5.11 Å². The average molecular weight is 216 g/mol. The Labute approximate surface area is 86.1 Å². The first-order valence-electron chi connectivity index (χ1n) is 4.28. The highest BCUT2D eigenvalue weighted by Crippen LogP contribution is 2.26. The molecule has 1 aromatic carbocycles. The number of hydrogen-bond donors (Lipinski definition) is 1. The van der Waals surface area contributed by atoms with Crippen LogP contribution in [-0.2, 0) is 0 Å². The van der Waals surface area contributed by atoms with Crippen LogP contribution in [-0.4, -0.2) is 32.2 Å². The van der Waals surface area contributed by atoms with Gasteiger partial charge in [0.1, 0.15) is 0 Å². The Hall–Kier alpha value is -1.49. The fourth-order valence-corrected chi connectivity index (χ4v) is 1.33. The van der Waals surface area contributed by atoms with E-state index in [1.807, 2.05) is 0 Å². The molecule has 1 aromatic rings. The summed E-state index contributed by atoms with van der Waals surface area (Å²) < 4.78 is 26.9. The van der Waals surface area contributed by atoms with Crippen LogP contribution in [0.5, 0.6) is 0 Å². The number of quaternary nitrogens is 1. The van der Waals surface area contributed by atoms with E-state index < -0.39 is 17.6 Å². The van der Waals surface area contributed by atoms with Crippen LogP contribution in [0, 0.1) is 11.6 Å². The molecule has 5 heteroatoms. The number of rotatable bonds is 2. The van der Waals surface area contributed by atoms with Crippen molar-refractivity contribution in [3.63, 3.8) is 0 Å². The summed E-state index contributed by atoms with van der Waals surface area (Å²) in [5.41, 5.74) is -0.540. The molecule has 1 rings (SSSR count). The molecule has 0 saturated carbocycles. The molecule has 0 atom stereocenters. The molecule has 0 radical (unpaired) electrons. The van der Waals surface area contributed by atoms with E-state index in [1.54, 1.807) is 21.1 Å².